The summed E-state index contributed by atoms with van der Waals surface area (Å²) in [7, 11) is 0. The van der Waals surface area contributed by atoms with Gasteiger partial charge in [0, 0.05) is 17.8 Å². The van der Waals surface area contributed by atoms with E-state index in [4.69, 9.17) is 0 Å². The van der Waals surface area contributed by atoms with Gasteiger partial charge >= 0.3 is 0 Å². The van der Waals surface area contributed by atoms with E-state index in [1.54, 1.807) is 11.1 Å². The highest BCUT2D eigenvalue weighted by atomic mass is 14.3. The van der Waals surface area contributed by atoms with E-state index in [1.807, 2.05) is 0 Å². The first kappa shape index (κ1) is 64.2. The zero-order chi connectivity index (χ0) is 65.1. The van der Waals surface area contributed by atoms with Crippen LogP contribution in [-0.4, -0.2) is 0 Å². The number of rotatable bonds is 16. The van der Waals surface area contributed by atoms with Crippen LogP contribution in [0.25, 0.3) is 16.7 Å². The van der Waals surface area contributed by atoms with Gasteiger partial charge in [-0.1, -0.05) is 305 Å². The Morgan fingerprint density at radius 2 is 0.763 bits per heavy atom. The molecule has 486 valence electrons. The van der Waals surface area contributed by atoms with Gasteiger partial charge in [-0.2, -0.15) is 0 Å². The van der Waals surface area contributed by atoms with Crippen molar-refractivity contribution in [1.29, 1.82) is 0 Å². The Morgan fingerprint density at radius 1 is 0.340 bits per heavy atom. The maximum atomic E-state index is 2.44. The van der Waals surface area contributed by atoms with E-state index in [2.05, 4.69) is 286 Å². The van der Waals surface area contributed by atoms with E-state index < -0.39 is 0 Å². The fourth-order valence-corrected chi connectivity index (χ4v) is 17.7. The summed E-state index contributed by atoms with van der Waals surface area (Å²) >= 11 is 0. The van der Waals surface area contributed by atoms with Crippen molar-refractivity contribution < 1.29 is 0 Å². The highest BCUT2D eigenvalue weighted by Gasteiger charge is 2.31. The molecule has 0 bridgehead atoms. The molecule has 2 fully saturated rings. The number of hydrogen-bond donors (Lipinski definition) is 0. The second-order valence-electron chi connectivity index (χ2n) is 29.6. The molecular weight excluding hydrogens is 1170 g/mol. The minimum atomic E-state index is 0.392. The number of benzene rings is 6. The summed E-state index contributed by atoms with van der Waals surface area (Å²) in [4.78, 5) is 0. The molecule has 0 heteroatoms. The Labute approximate surface area is 581 Å². The van der Waals surface area contributed by atoms with Crippen molar-refractivity contribution in [2.45, 2.75) is 148 Å². The van der Waals surface area contributed by atoms with E-state index in [0.717, 1.165) is 49.4 Å². The van der Waals surface area contributed by atoms with Gasteiger partial charge in [-0.25, -0.2) is 0 Å². The normalized spacial score (nSPS) is 23.9. The zero-order valence-corrected chi connectivity index (χ0v) is 57.4. The van der Waals surface area contributed by atoms with Crippen LogP contribution in [0.5, 0.6) is 0 Å². The van der Waals surface area contributed by atoms with Gasteiger partial charge in [0.15, 0.2) is 0 Å². The van der Waals surface area contributed by atoms with Gasteiger partial charge in [-0.05, 0) is 262 Å². The van der Waals surface area contributed by atoms with E-state index in [9.17, 15) is 0 Å². The summed E-state index contributed by atoms with van der Waals surface area (Å²) in [5, 5.41) is 0. The molecule has 11 aliphatic carbocycles. The van der Waals surface area contributed by atoms with E-state index in [1.165, 1.54) is 221 Å². The van der Waals surface area contributed by atoms with E-state index in [-0.39, 0.29) is 0 Å². The predicted octanol–water partition coefficient (Wildman–Crippen LogP) is 24.8. The number of fused-ring (bicyclic) bond motifs is 4. The Morgan fingerprint density at radius 3 is 1.26 bits per heavy atom. The van der Waals surface area contributed by atoms with Crippen molar-refractivity contribution in [3.63, 3.8) is 0 Å². The molecule has 3 atom stereocenters. The first-order chi connectivity index (χ1) is 48.0. The van der Waals surface area contributed by atoms with Crippen LogP contribution in [0.15, 0.2) is 335 Å². The van der Waals surface area contributed by atoms with E-state index in [0.29, 0.717) is 17.8 Å². The first-order valence-electron chi connectivity index (χ1n) is 37.6. The van der Waals surface area contributed by atoms with Crippen molar-refractivity contribution in [2.24, 2.45) is 35.5 Å². The third kappa shape index (κ3) is 15.3. The van der Waals surface area contributed by atoms with Crippen LogP contribution < -0.4 is 0 Å². The molecule has 0 nitrogen and oxygen atoms in total. The highest BCUT2D eigenvalue weighted by molar-refractivity contribution is 5.79. The zero-order valence-electron chi connectivity index (χ0n) is 57.4. The first-order valence-corrected chi connectivity index (χ1v) is 37.6. The third-order valence-corrected chi connectivity index (χ3v) is 23.3. The lowest BCUT2D eigenvalue weighted by atomic mass is 9.76. The fourth-order valence-electron chi connectivity index (χ4n) is 17.7. The molecule has 11 aliphatic rings. The van der Waals surface area contributed by atoms with Crippen molar-refractivity contribution in [3.05, 3.63) is 385 Å². The van der Waals surface area contributed by atoms with E-state index >= 15 is 0 Å². The Hall–Kier alpha value is -8.84. The van der Waals surface area contributed by atoms with Crippen LogP contribution in [-0.2, 0) is 44.9 Å². The monoisotopic (exact) mass is 1260 g/mol. The van der Waals surface area contributed by atoms with Crippen LogP contribution in [0.4, 0.5) is 0 Å². The van der Waals surface area contributed by atoms with Crippen LogP contribution in [0.2, 0.25) is 0 Å². The molecule has 97 heavy (non-hydrogen) atoms. The molecule has 0 radical (unpaired) electrons. The van der Waals surface area contributed by atoms with Crippen LogP contribution in [0, 0.1) is 35.5 Å². The molecule has 17 rings (SSSR count). The molecule has 0 amide bonds. The highest BCUT2D eigenvalue weighted by Crippen LogP contribution is 2.46. The Balaban J connectivity index is 0.000000119. The molecule has 0 saturated heterocycles. The van der Waals surface area contributed by atoms with Crippen molar-refractivity contribution in [2.75, 3.05) is 0 Å². The van der Waals surface area contributed by atoms with Crippen LogP contribution >= 0.6 is 0 Å². The fraction of sp³-hybridized carbons (Fsp3) is 0.299. The van der Waals surface area contributed by atoms with Crippen molar-refractivity contribution in [3.8, 4) is 11.1 Å². The van der Waals surface area contributed by atoms with Gasteiger partial charge in [-0.15, -0.1) is 0 Å². The molecule has 0 heterocycles. The Bertz CT molecular complexity index is 4320. The third-order valence-electron chi connectivity index (χ3n) is 23.3. The summed E-state index contributed by atoms with van der Waals surface area (Å²) in [5.41, 5.74) is 31.9. The minimum Gasteiger partial charge on any atom is -0.0836 e. The summed E-state index contributed by atoms with van der Waals surface area (Å²) < 4.78 is 0. The molecule has 3 unspecified atom stereocenters. The molecule has 0 spiro atoms. The van der Waals surface area contributed by atoms with Gasteiger partial charge in [-0.3, -0.25) is 0 Å². The molecule has 0 N–H and O–H groups in total. The van der Waals surface area contributed by atoms with Gasteiger partial charge in [0.2, 0.25) is 0 Å². The Kier molecular flexibility index (Phi) is 20.3. The SMILES string of the molecule is C1=CC2C(=C1)C(Cc1ccc(-c3ccccc3)cc1)=CC=C2c1ccc2c(c1)CCC2.C1=CC2C(C3=CCCC=C3)=CC=C(Cc3ccc(CC4CCC(c5ccccc5)CC4)cc3)C2=C1.CCC1CCC(Cc2ccc(CC3=CC=C(C4=CCCC=C4)C4C=CC=C34)cc2)CC1. The number of hydrogen-bond acceptors (Lipinski definition) is 0. The topological polar surface area (TPSA) is 0 Å². The van der Waals surface area contributed by atoms with Crippen LogP contribution in [0.3, 0.4) is 0 Å². The average Bonchev–Trinajstić information content (AvgIpc) is 1.73. The standard InChI is InChI=1S/C35H36.C31H26.C31H36/c1-3-8-29(9-4-1)30-20-18-27(19-21-30)24-26-14-16-28(17-15-26)25-32-22-23-34(31-10-5-2-6-11-31)35-13-7-12-33(32)35;1-2-6-23(7-3-1)25-14-12-22(13-15-25)20-27-18-19-30(31-11-5-10-29(27)31)28-17-16-24-8-4-9-26(24)21-28;1-2-23-11-13-24(14-12-23)21-25-15-17-26(18-16-25)22-28-19-20-30(27-7-4-3-5-8-27)31-10-6-9-29(28)31/h1,3-5,7-17,22-23,27,30,35H,2,6,18-21,24-25H2;1-3,5-7,10-19,21,31H,4,8-9,20H2;4,6-10,15-20,23-24,31H,2-3,5,11-14,21-22H2,1H3. The van der Waals surface area contributed by atoms with Crippen molar-refractivity contribution >= 4 is 5.57 Å². The van der Waals surface area contributed by atoms with Crippen molar-refractivity contribution in [1.82, 2.24) is 0 Å². The molecule has 0 aromatic heterocycles. The average molecular weight is 1260 g/mol. The summed E-state index contributed by atoms with van der Waals surface area (Å²) in [6.45, 7) is 2.35. The maximum Gasteiger partial charge on any atom is 0.0281 e. The lowest BCUT2D eigenvalue weighted by molar-refractivity contribution is 0.268. The number of allylic oxidation sites excluding steroid dienone is 32. The molecule has 2 saturated carbocycles. The quantitative estimate of drug-likeness (QED) is 0.0906. The molecular formula is C97H98. The summed E-state index contributed by atoms with van der Waals surface area (Å²) in [6, 6.07) is 57.0. The number of aryl methyl sites for hydroxylation is 2. The van der Waals surface area contributed by atoms with Gasteiger partial charge < -0.3 is 0 Å². The second kappa shape index (κ2) is 30.7. The smallest absolute Gasteiger partial charge is 0.0281 e. The van der Waals surface area contributed by atoms with Gasteiger partial charge in [0.25, 0.3) is 0 Å². The van der Waals surface area contributed by atoms with Gasteiger partial charge in [0.05, 0.1) is 0 Å². The molecule has 6 aromatic rings. The maximum absolute atomic E-state index is 2.44. The van der Waals surface area contributed by atoms with Gasteiger partial charge in [0.1, 0.15) is 0 Å². The predicted molar refractivity (Wildman–Crippen MR) is 412 cm³/mol. The lowest BCUT2D eigenvalue weighted by Crippen LogP contribution is -2.15. The minimum absolute atomic E-state index is 0.392. The molecule has 6 aromatic carbocycles. The second-order valence-corrected chi connectivity index (χ2v) is 29.6. The lowest BCUT2D eigenvalue weighted by Gasteiger charge is -2.29. The molecule has 0 aliphatic heterocycles. The van der Waals surface area contributed by atoms with Crippen LogP contribution in [0.1, 0.15) is 153 Å². The largest absolute Gasteiger partial charge is 0.0836 e. The summed E-state index contributed by atoms with van der Waals surface area (Å²) in [6.07, 6.45) is 75.6. The summed E-state index contributed by atoms with van der Waals surface area (Å²) in [5.74, 6) is 4.75.